The summed E-state index contributed by atoms with van der Waals surface area (Å²) in [6.45, 7) is 6.07. The molecule has 0 bridgehead atoms. The summed E-state index contributed by atoms with van der Waals surface area (Å²) in [5.41, 5.74) is 12.7. The topological polar surface area (TPSA) is 26.0 Å². The maximum atomic E-state index is 5.97. The summed E-state index contributed by atoms with van der Waals surface area (Å²) in [7, 11) is 0. The summed E-state index contributed by atoms with van der Waals surface area (Å²) in [5, 5.41) is 0. The molecule has 2 rings (SSSR count). The van der Waals surface area contributed by atoms with Crippen LogP contribution in [0.4, 0.5) is 5.69 Å². The van der Waals surface area contributed by atoms with Gasteiger partial charge in [0, 0.05) is 5.69 Å². The molecule has 0 saturated heterocycles. The quantitative estimate of drug-likeness (QED) is 0.604. The van der Waals surface area contributed by atoms with Gasteiger partial charge in [0.1, 0.15) is 0 Å². The molecule has 0 aliphatic heterocycles. The van der Waals surface area contributed by atoms with Gasteiger partial charge in [-0.1, -0.05) is 5.57 Å². The maximum absolute atomic E-state index is 5.97. The fourth-order valence-electron chi connectivity index (χ4n) is 2.56. The average molecular weight is 215 g/mol. The minimum atomic E-state index is 0.928. The molecule has 1 aliphatic rings. The van der Waals surface area contributed by atoms with Gasteiger partial charge in [-0.25, -0.2) is 0 Å². The van der Waals surface area contributed by atoms with E-state index in [4.69, 9.17) is 5.73 Å². The van der Waals surface area contributed by atoms with Crippen LogP contribution in [0, 0.1) is 0 Å². The number of nitrogen functional groups attached to an aromatic ring is 1. The van der Waals surface area contributed by atoms with Crippen molar-refractivity contribution < 1.29 is 0 Å². The van der Waals surface area contributed by atoms with Gasteiger partial charge in [-0.2, -0.15) is 0 Å². The highest BCUT2D eigenvalue weighted by Gasteiger charge is 2.13. The first-order chi connectivity index (χ1) is 7.66. The van der Waals surface area contributed by atoms with Gasteiger partial charge in [0.15, 0.2) is 0 Å². The van der Waals surface area contributed by atoms with Crippen LogP contribution in [0.3, 0.4) is 0 Å². The number of hydrogen-bond acceptors (Lipinski definition) is 1. The van der Waals surface area contributed by atoms with Crippen LogP contribution in [0.5, 0.6) is 0 Å². The summed E-state index contributed by atoms with van der Waals surface area (Å²) < 4.78 is 0. The van der Waals surface area contributed by atoms with E-state index in [1.807, 2.05) is 0 Å². The van der Waals surface area contributed by atoms with Crippen molar-refractivity contribution in [2.45, 2.75) is 45.4 Å². The summed E-state index contributed by atoms with van der Waals surface area (Å²) in [4.78, 5) is 0. The average Bonchev–Trinajstić information content (AvgIpc) is 2.25. The number of rotatable bonds is 3. The van der Waals surface area contributed by atoms with Gasteiger partial charge in [-0.3, -0.25) is 0 Å². The van der Waals surface area contributed by atoms with E-state index in [1.54, 1.807) is 5.56 Å². The molecule has 0 amide bonds. The normalized spacial score (nSPS) is 14.6. The van der Waals surface area contributed by atoms with Gasteiger partial charge >= 0.3 is 0 Å². The predicted molar refractivity (Wildman–Crippen MR) is 70.6 cm³/mol. The van der Waals surface area contributed by atoms with Gasteiger partial charge in [0.2, 0.25) is 0 Å². The molecule has 0 heterocycles. The molecule has 86 valence electrons. The maximum Gasteiger partial charge on any atom is 0.0319 e. The molecule has 16 heavy (non-hydrogen) atoms. The molecule has 0 fully saturated rings. The molecule has 0 atom stereocenters. The first-order valence-corrected chi connectivity index (χ1v) is 6.21. The summed E-state index contributed by atoms with van der Waals surface area (Å²) in [5.74, 6) is 0. The first-order valence-electron chi connectivity index (χ1n) is 6.21. The molecule has 1 aromatic rings. The smallest absolute Gasteiger partial charge is 0.0319 e. The van der Waals surface area contributed by atoms with Crippen LogP contribution in [0.15, 0.2) is 24.3 Å². The lowest BCUT2D eigenvalue weighted by Crippen LogP contribution is -2.08. The second-order valence-corrected chi connectivity index (χ2v) is 4.98. The number of hydrogen-bond donors (Lipinski definition) is 1. The Hall–Kier alpha value is -1.24. The van der Waals surface area contributed by atoms with E-state index in [-0.39, 0.29) is 0 Å². The minimum Gasteiger partial charge on any atom is -0.399 e. The van der Waals surface area contributed by atoms with Gasteiger partial charge in [-0.05, 0) is 74.3 Å². The van der Waals surface area contributed by atoms with Crippen molar-refractivity contribution in [1.29, 1.82) is 0 Å². The SMILES string of the molecule is C=C(C)CCc1cc(N)cc2c1CCCC2. The van der Waals surface area contributed by atoms with Crippen LogP contribution in [-0.4, -0.2) is 0 Å². The Labute approximate surface area is 98.4 Å². The van der Waals surface area contributed by atoms with Gasteiger partial charge in [0.25, 0.3) is 0 Å². The molecule has 0 aromatic heterocycles. The van der Waals surface area contributed by atoms with Crippen molar-refractivity contribution in [2.24, 2.45) is 0 Å². The third kappa shape index (κ3) is 2.46. The van der Waals surface area contributed by atoms with Crippen LogP contribution in [0.25, 0.3) is 0 Å². The molecular weight excluding hydrogens is 194 g/mol. The molecule has 1 heteroatoms. The fraction of sp³-hybridized carbons (Fsp3) is 0.467. The van der Waals surface area contributed by atoms with Crippen molar-refractivity contribution in [1.82, 2.24) is 0 Å². The number of fused-ring (bicyclic) bond motifs is 1. The lowest BCUT2D eigenvalue weighted by atomic mass is 9.86. The third-order valence-corrected chi connectivity index (χ3v) is 3.40. The van der Waals surface area contributed by atoms with E-state index in [0.717, 1.165) is 18.5 Å². The van der Waals surface area contributed by atoms with E-state index >= 15 is 0 Å². The molecule has 1 aromatic carbocycles. The molecule has 0 spiro atoms. The summed E-state index contributed by atoms with van der Waals surface area (Å²) in [6, 6.07) is 4.33. The van der Waals surface area contributed by atoms with E-state index in [9.17, 15) is 0 Å². The highest BCUT2D eigenvalue weighted by molar-refractivity contribution is 5.50. The Morgan fingerprint density at radius 1 is 1.31 bits per heavy atom. The molecule has 0 unspecified atom stereocenters. The van der Waals surface area contributed by atoms with Gasteiger partial charge in [-0.15, -0.1) is 6.58 Å². The highest BCUT2D eigenvalue weighted by atomic mass is 14.5. The number of nitrogens with two attached hydrogens (primary N) is 1. The predicted octanol–water partition coefficient (Wildman–Crippen LogP) is 3.66. The number of anilines is 1. The number of aryl methyl sites for hydroxylation is 2. The number of allylic oxidation sites excluding steroid dienone is 1. The van der Waals surface area contributed by atoms with Crippen LogP contribution in [-0.2, 0) is 19.3 Å². The minimum absolute atomic E-state index is 0.928. The monoisotopic (exact) mass is 215 g/mol. The Balaban J connectivity index is 2.28. The lowest BCUT2D eigenvalue weighted by Gasteiger charge is -2.20. The van der Waals surface area contributed by atoms with Gasteiger partial charge in [0.05, 0.1) is 0 Å². The van der Waals surface area contributed by atoms with Crippen LogP contribution in [0.1, 0.15) is 42.9 Å². The van der Waals surface area contributed by atoms with Crippen molar-refractivity contribution in [2.75, 3.05) is 5.73 Å². The Morgan fingerprint density at radius 2 is 2.06 bits per heavy atom. The molecular formula is C15H21N. The van der Waals surface area contributed by atoms with Crippen LogP contribution in [0.2, 0.25) is 0 Å². The van der Waals surface area contributed by atoms with Gasteiger partial charge < -0.3 is 5.73 Å². The standard InChI is InChI=1S/C15H21N/c1-11(2)7-8-13-10-14(16)9-12-5-3-4-6-15(12)13/h9-10H,1,3-8,16H2,2H3. The van der Waals surface area contributed by atoms with Crippen molar-refractivity contribution in [3.05, 3.63) is 41.0 Å². The number of benzene rings is 1. The largest absolute Gasteiger partial charge is 0.399 e. The van der Waals surface area contributed by atoms with E-state index in [1.165, 1.54) is 42.4 Å². The molecule has 0 radical (unpaired) electrons. The molecule has 1 aliphatic carbocycles. The third-order valence-electron chi connectivity index (χ3n) is 3.40. The van der Waals surface area contributed by atoms with E-state index in [0.29, 0.717) is 0 Å². The lowest BCUT2D eigenvalue weighted by molar-refractivity contribution is 0.677. The molecule has 2 N–H and O–H groups in total. The Kier molecular flexibility index (Phi) is 3.33. The van der Waals surface area contributed by atoms with Crippen molar-refractivity contribution in [3.63, 3.8) is 0 Å². The van der Waals surface area contributed by atoms with Crippen molar-refractivity contribution in [3.8, 4) is 0 Å². The highest BCUT2D eigenvalue weighted by Crippen LogP contribution is 2.28. The van der Waals surface area contributed by atoms with Crippen LogP contribution < -0.4 is 5.73 Å². The zero-order chi connectivity index (χ0) is 11.5. The Morgan fingerprint density at radius 3 is 2.81 bits per heavy atom. The Bertz CT molecular complexity index is 404. The zero-order valence-electron chi connectivity index (χ0n) is 10.2. The fourth-order valence-corrected chi connectivity index (χ4v) is 2.56. The summed E-state index contributed by atoms with van der Waals surface area (Å²) >= 11 is 0. The second kappa shape index (κ2) is 4.73. The van der Waals surface area contributed by atoms with E-state index < -0.39 is 0 Å². The first kappa shape index (κ1) is 11.3. The molecule has 0 saturated carbocycles. The van der Waals surface area contributed by atoms with Crippen molar-refractivity contribution >= 4 is 5.69 Å². The summed E-state index contributed by atoms with van der Waals surface area (Å²) in [6.07, 6.45) is 7.27. The van der Waals surface area contributed by atoms with E-state index in [2.05, 4.69) is 25.6 Å². The second-order valence-electron chi connectivity index (χ2n) is 4.98. The van der Waals surface area contributed by atoms with Crippen LogP contribution >= 0.6 is 0 Å². The zero-order valence-corrected chi connectivity index (χ0v) is 10.2. The molecule has 1 nitrogen and oxygen atoms in total.